The van der Waals surface area contributed by atoms with E-state index in [4.69, 9.17) is 0 Å². The fraction of sp³-hybridized carbons (Fsp3) is 0.297. The van der Waals surface area contributed by atoms with Crippen LogP contribution in [0.3, 0.4) is 0 Å². The van der Waals surface area contributed by atoms with Crippen LogP contribution in [-0.2, 0) is 32.6 Å². The highest BCUT2D eigenvalue weighted by Gasteiger charge is 2.35. The zero-order valence-electron chi connectivity index (χ0n) is 27.4. The maximum Gasteiger partial charge on any atom is 0.264 e. The van der Waals surface area contributed by atoms with E-state index in [-0.39, 0.29) is 23.8 Å². The first-order valence-electron chi connectivity index (χ1n) is 15.2. The van der Waals surface area contributed by atoms with Gasteiger partial charge >= 0.3 is 0 Å². The van der Waals surface area contributed by atoms with Crippen molar-refractivity contribution in [3.63, 3.8) is 0 Å². The molecular formula is C37H43N3O4S2. The number of benzene rings is 4. The molecule has 0 radical (unpaired) electrons. The summed E-state index contributed by atoms with van der Waals surface area (Å²) < 4.78 is 29.6. The second-order valence-electron chi connectivity index (χ2n) is 12.5. The van der Waals surface area contributed by atoms with E-state index in [0.717, 1.165) is 31.5 Å². The number of hydrogen-bond acceptors (Lipinski definition) is 5. The van der Waals surface area contributed by atoms with E-state index in [2.05, 4.69) is 5.32 Å². The van der Waals surface area contributed by atoms with Gasteiger partial charge in [0.05, 0.1) is 10.6 Å². The Morgan fingerprint density at radius 1 is 0.804 bits per heavy atom. The molecule has 2 amide bonds. The highest BCUT2D eigenvalue weighted by atomic mass is 32.2. The Kier molecular flexibility index (Phi) is 11.3. The molecule has 0 spiro atoms. The van der Waals surface area contributed by atoms with Crippen molar-refractivity contribution >= 4 is 39.3 Å². The van der Waals surface area contributed by atoms with Gasteiger partial charge in [0.2, 0.25) is 11.8 Å². The summed E-state index contributed by atoms with van der Waals surface area (Å²) in [6, 6.07) is 30.1. The summed E-state index contributed by atoms with van der Waals surface area (Å²) >= 11 is 1.51. The minimum atomic E-state index is -4.16. The number of thioether (sulfide) groups is 1. The summed E-state index contributed by atoms with van der Waals surface area (Å²) in [7, 11) is -4.16. The molecule has 0 bridgehead atoms. The van der Waals surface area contributed by atoms with Gasteiger partial charge in [-0.05, 0) is 88.4 Å². The zero-order valence-corrected chi connectivity index (χ0v) is 29.0. The van der Waals surface area contributed by atoms with Crippen LogP contribution < -0.4 is 9.62 Å². The number of sulfonamides is 1. The molecule has 0 aliphatic rings. The molecule has 4 aromatic rings. The Labute approximate surface area is 278 Å². The molecule has 0 aliphatic carbocycles. The van der Waals surface area contributed by atoms with Crippen LogP contribution in [0.15, 0.2) is 113 Å². The zero-order chi connectivity index (χ0) is 33.5. The predicted octanol–water partition coefficient (Wildman–Crippen LogP) is 6.78. The second kappa shape index (κ2) is 15.0. The summed E-state index contributed by atoms with van der Waals surface area (Å²) in [5.74, 6) is -0.800. The van der Waals surface area contributed by atoms with Crippen LogP contribution in [0.4, 0.5) is 5.69 Å². The van der Waals surface area contributed by atoms with Gasteiger partial charge in [-0.2, -0.15) is 0 Å². The summed E-state index contributed by atoms with van der Waals surface area (Å²) in [5.41, 5.74) is 3.51. The number of aryl methyl sites for hydroxylation is 2. The highest BCUT2D eigenvalue weighted by Crippen LogP contribution is 2.27. The number of nitrogens with zero attached hydrogens (tertiary/aromatic N) is 2. The fourth-order valence-electron chi connectivity index (χ4n) is 5.13. The van der Waals surface area contributed by atoms with Crippen molar-refractivity contribution in [1.29, 1.82) is 0 Å². The third-order valence-corrected chi connectivity index (χ3v) is 9.98. The minimum absolute atomic E-state index is 0.0789. The van der Waals surface area contributed by atoms with Gasteiger partial charge < -0.3 is 10.2 Å². The molecule has 0 saturated heterocycles. The smallest absolute Gasteiger partial charge is 0.264 e. The number of hydrogen-bond donors (Lipinski definition) is 1. The molecule has 1 N–H and O–H groups in total. The number of nitrogens with one attached hydrogen (secondary N) is 1. The summed E-state index contributed by atoms with van der Waals surface area (Å²) in [6.45, 7) is 9.20. The molecule has 0 saturated carbocycles. The van der Waals surface area contributed by atoms with E-state index in [9.17, 15) is 18.0 Å². The molecule has 0 aromatic heterocycles. The molecule has 7 nitrogen and oxygen atoms in total. The van der Waals surface area contributed by atoms with Gasteiger partial charge in [0.25, 0.3) is 10.0 Å². The SMILES string of the molecule is CSc1ccc(S(=O)(=O)N(CC(=O)N(Cc2cccc(C)c2)C(Cc2ccccc2)C(=O)NC(C)(C)C)c2ccc(C)cc2)cc1. The highest BCUT2D eigenvalue weighted by molar-refractivity contribution is 7.98. The molecule has 0 aliphatic heterocycles. The van der Waals surface area contributed by atoms with Crippen molar-refractivity contribution in [2.45, 2.75) is 69.0 Å². The van der Waals surface area contributed by atoms with Crippen LogP contribution >= 0.6 is 11.8 Å². The monoisotopic (exact) mass is 657 g/mol. The lowest BCUT2D eigenvalue weighted by Gasteiger charge is -2.35. The summed E-state index contributed by atoms with van der Waals surface area (Å²) in [4.78, 5) is 31.1. The van der Waals surface area contributed by atoms with Crippen molar-refractivity contribution in [2.75, 3.05) is 17.1 Å². The normalized spacial score (nSPS) is 12.3. The number of amides is 2. The van der Waals surface area contributed by atoms with E-state index in [1.54, 1.807) is 36.4 Å². The van der Waals surface area contributed by atoms with Crippen LogP contribution in [-0.4, -0.2) is 49.5 Å². The molecule has 46 heavy (non-hydrogen) atoms. The van der Waals surface area contributed by atoms with Gasteiger partial charge in [0, 0.05) is 23.4 Å². The molecule has 242 valence electrons. The van der Waals surface area contributed by atoms with Gasteiger partial charge in [-0.25, -0.2) is 8.42 Å². The third-order valence-electron chi connectivity index (χ3n) is 7.45. The van der Waals surface area contributed by atoms with Crippen LogP contribution in [0.2, 0.25) is 0 Å². The van der Waals surface area contributed by atoms with Gasteiger partial charge in [-0.1, -0.05) is 77.9 Å². The predicted molar refractivity (Wildman–Crippen MR) is 187 cm³/mol. The number of rotatable bonds is 12. The molecule has 1 atom stereocenters. The number of carbonyl (C=O) groups excluding carboxylic acids is 2. The van der Waals surface area contributed by atoms with E-state index in [0.29, 0.717) is 5.69 Å². The van der Waals surface area contributed by atoms with Gasteiger partial charge in [0.1, 0.15) is 12.6 Å². The maximum absolute atomic E-state index is 14.6. The molecule has 0 heterocycles. The van der Waals surface area contributed by atoms with E-state index >= 15 is 0 Å². The summed E-state index contributed by atoms with van der Waals surface area (Å²) in [5, 5.41) is 3.06. The molecule has 9 heteroatoms. The van der Waals surface area contributed by atoms with Gasteiger partial charge in [-0.3, -0.25) is 13.9 Å². The second-order valence-corrected chi connectivity index (χ2v) is 15.2. The Morgan fingerprint density at radius 3 is 2.02 bits per heavy atom. The van der Waals surface area contributed by atoms with Gasteiger partial charge in [0.15, 0.2) is 0 Å². The average molecular weight is 658 g/mol. The van der Waals surface area contributed by atoms with Crippen molar-refractivity contribution in [3.8, 4) is 0 Å². The van der Waals surface area contributed by atoms with Crippen LogP contribution in [0.5, 0.6) is 0 Å². The largest absolute Gasteiger partial charge is 0.350 e. The van der Waals surface area contributed by atoms with Crippen LogP contribution in [0.25, 0.3) is 0 Å². The quantitative estimate of drug-likeness (QED) is 0.170. The van der Waals surface area contributed by atoms with Gasteiger partial charge in [-0.15, -0.1) is 11.8 Å². The first kappa shape index (κ1) is 34.8. The summed E-state index contributed by atoms with van der Waals surface area (Å²) in [6.07, 6.45) is 2.18. The Balaban J connectivity index is 1.81. The fourth-order valence-corrected chi connectivity index (χ4v) is 6.95. The molecular weight excluding hydrogens is 615 g/mol. The maximum atomic E-state index is 14.6. The Morgan fingerprint density at radius 2 is 1.43 bits per heavy atom. The van der Waals surface area contributed by atoms with Crippen molar-refractivity contribution in [2.24, 2.45) is 0 Å². The molecule has 4 rings (SSSR count). The Hall–Kier alpha value is -4.08. The number of anilines is 1. The lowest BCUT2D eigenvalue weighted by atomic mass is 10.0. The standard InChI is InChI=1S/C37H43N3O4S2/c1-27-15-17-31(18-16-27)40(46(43,44)33-21-19-32(45-6)20-22-33)26-35(41)39(25-30-14-10-11-28(2)23-30)34(36(42)38-37(3,4)5)24-29-12-8-7-9-13-29/h7-23,34H,24-26H2,1-6H3,(H,38,42). The van der Waals surface area contributed by atoms with Crippen LogP contribution in [0, 0.1) is 13.8 Å². The van der Waals surface area contributed by atoms with Crippen molar-refractivity contribution in [3.05, 3.63) is 125 Å². The first-order chi connectivity index (χ1) is 21.8. The molecule has 1 unspecified atom stereocenters. The minimum Gasteiger partial charge on any atom is -0.350 e. The lowest BCUT2D eigenvalue weighted by molar-refractivity contribution is -0.140. The number of carbonyl (C=O) groups is 2. The van der Waals surface area contributed by atoms with Crippen LogP contribution in [0.1, 0.15) is 43.0 Å². The van der Waals surface area contributed by atoms with E-state index < -0.39 is 34.1 Å². The van der Waals surface area contributed by atoms with Crippen molar-refractivity contribution in [1.82, 2.24) is 10.2 Å². The molecule has 4 aromatic carbocycles. The average Bonchev–Trinajstić information content (AvgIpc) is 3.01. The van der Waals surface area contributed by atoms with Crippen molar-refractivity contribution < 1.29 is 18.0 Å². The Bertz CT molecular complexity index is 1730. The first-order valence-corrected chi connectivity index (χ1v) is 17.9. The molecule has 0 fully saturated rings. The van der Waals surface area contributed by atoms with E-state index in [1.165, 1.54) is 16.7 Å². The van der Waals surface area contributed by atoms with E-state index in [1.807, 2.05) is 108 Å². The lowest BCUT2D eigenvalue weighted by Crippen LogP contribution is -2.56. The topological polar surface area (TPSA) is 86.8 Å². The third kappa shape index (κ3) is 9.23.